The summed E-state index contributed by atoms with van der Waals surface area (Å²) in [7, 11) is 0. The van der Waals surface area contributed by atoms with E-state index < -0.39 is 0 Å². The number of aliphatic hydroxyl groups excluding tert-OH is 1. The summed E-state index contributed by atoms with van der Waals surface area (Å²) < 4.78 is 0. The SMILES string of the molecule is CC1(C)CC1(CO)c1ccc2cc[nH]c2c1. The van der Waals surface area contributed by atoms with Gasteiger partial charge < -0.3 is 10.1 Å². The maximum atomic E-state index is 9.66. The molecule has 0 amide bonds. The number of fused-ring (bicyclic) bond motifs is 1. The van der Waals surface area contributed by atoms with Crippen LogP contribution in [-0.4, -0.2) is 16.7 Å². The van der Waals surface area contributed by atoms with Crippen molar-refractivity contribution in [2.24, 2.45) is 5.41 Å². The minimum Gasteiger partial charge on any atom is -0.395 e. The monoisotopic (exact) mass is 215 g/mol. The van der Waals surface area contributed by atoms with Crippen LogP contribution in [-0.2, 0) is 5.41 Å². The van der Waals surface area contributed by atoms with Gasteiger partial charge in [0.2, 0.25) is 0 Å². The van der Waals surface area contributed by atoms with Crippen LogP contribution in [0.3, 0.4) is 0 Å². The van der Waals surface area contributed by atoms with E-state index in [-0.39, 0.29) is 17.4 Å². The summed E-state index contributed by atoms with van der Waals surface area (Å²) in [4.78, 5) is 3.23. The Labute approximate surface area is 95.3 Å². The average molecular weight is 215 g/mol. The molecule has 2 aromatic rings. The Balaban J connectivity index is 2.12. The molecule has 1 aliphatic carbocycles. The third-order valence-electron chi connectivity index (χ3n) is 4.29. The van der Waals surface area contributed by atoms with Crippen molar-refractivity contribution in [2.45, 2.75) is 25.7 Å². The standard InChI is InChI=1S/C14H17NO/c1-13(2)8-14(13,9-16)11-4-3-10-5-6-15-12(10)7-11/h3-7,15-16H,8-9H2,1-2H3. The minimum absolute atomic E-state index is 0.0215. The topological polar surface area (TPSA) is 36.0 Å². The van der Waals surface area contributed by atoms with Crippen molar-refractivity contribution in [1.29, 1.82) is 0 Å². The maximum Gasteiger partial charge on any atom is 0.0533 e. The van der Waals surface area contributed by atoms with E-state index in [1.165, 1.54) is 10.9 Å². The van der Waals surface area contributed by atoms with Gasteiger partial charge in [-0.05, 0) is 34.9 Å². The van der Waals surface area contributed by atoms with Crippen molar-refractivity contribution in [2.75, 3.05) is 6.61 Å². The number of rotatable bonds is 2. The lowest BCUT2D eigenvalue weighted by molar-refractivity contribution is 0.231. The summed E-state index contributed by atoms with van der Waals surface area (Å²) in [5.41, 5.74) is 2.62. The van der Waals surface area contributed by atoms with Gasteiger partial charge in [0.05, 0.1) is 6.61 Å². The van der Waals surface area contributed by atoms with Gasteiger partial charge in [-0.15, -0.1) is 0 Å². The first kappa shape index (κ1) is 9.91. The predicted octanol–water partition coefficient (Wildman–Crippen LogP) is 2.83. The molecule has 1 heterocycles. The van der Waals surface area contributed by atoms with Crippen LogP contribution in [0.2, 0.25) is 0 Å². The van der Waals surface area contributed by atoms with Crippen LogP contribution in [0.4, 0.5) is 0 Å². The Morgan fingerprint density at radius 3 is 2.69 bits per heavy atom. The van der Waals surface area contributed by atoms with Crippen LogP contribution in [0.15, 0.2) is 30.5 Å². The number of aromatic nitrogens is 1. The van der Waals surface area contributed by atoms with Gasteiger partial charge in [-0.3, -0.25) is 0 Å². The number of H-pyrrole nitrogens is 1. The molecule has 1 aromatic carbocycles. The fourth-order valence-corrected chi connectivity index (χ4v) is 2.91. The fraction of sp³-hybridized carbons (Fsp3) is 0.429. The lowest BCUT2D eigenvalue weighted by Gasteiger charge is -2.18. The lowest BCUT2D eigenvalue weighted by atomic mass is 9.88. The first-order chi connectivity index (χ1) is 7.59. The number of hydrogen-bond donors (Lipinski definition) is 2. The molecule has 0 saturated heterocycles. The average Bonchev–Trinajstić information content (AvgIpc) is 2.63. The van der Waals surface area contributed by atoms with Gasteiger partial charge in [0.1, 0.15) is 0 Å². The Morgan fingerprint density at radius 2 is 2.06 bits per heavy atom. The molecule has 2 N–H and O–H groups in total. The summed E-state index contributed by atoms with van der Waals surface area (Å²) in [5, 5.41) is 10.9. The molecule has 1 aliphatic rings. The largest absolute Gasteiger partial charge is 0.395 e. The molecule has 1 fully saturated rings. The van der Waals surface area contributed by atoms with Crippen LogP contribution in [0.1, 0.15) is 25.8 Å². The summed E-state index contributed by atoms with van der Waals surface area (Å²) in [6.45, 7) is 4.69. The van der Waals surface area contributed by atoms with E-state index in [1.807, 2.05) is 6.20 Å². The Bertz CT molecular complexity index is 540. The minimum atomic E-state index is -0.0215. The number of aromatic amines is 1. The number of hydrogen-bond acceptors (Lipinski definition) is 1. The molecular formula is C14H17NO. The molecule has 84 valence electrons. The molecule has 0 spiro atoms. The highest BCUT2D eigenvalue weighted by molar-refractivity contribution is 5.80. The summed E-state index contributed by atoms with van der Waals surface area (Å²) in [6.07, 6.45) is 3.03. The molecule has 0 aliphatic heterocycles. The van der Waals surface area contributed by atoms with Crippen molar-refractivity contribution in [1.82, 2.24) is 4.98 Å². The Morgan fingerprint density at radius 1 is 1.31 bits per heavy atom. The Kier molecular flexibility index (Phi) is 1.79. The van der Waals surface area contributed by atoms with Crippen molar-refractivity contribution >= 4 is 10.9 Å². The third-order valence-corrected chi connectivity index (χ3v) is 4.29. The first-order valence-electron chi connectivity index (χ1n) is 5.78. The highest BCUT2D eigenvalue weighted by atomic mass is 16.3. The lowest BCUT2D eigenvalue weighted by Crippen LogP contribution is -2.19. The van der Waals surface area contributed by atoms with Gasteiger partial charge in [-0.2, -0.15) is 0 Å². The van der Waals surface area contributed by atoms with E-state index >= 15 is 0 Å². The highest BCUT2D eigenvalue weighted by Crippen LogP contribution is 2.64. The van der Waals surface area contributed by atoms with Gasteiger partial charge >= 0.3 is 0 Å². The van der Waals surface area contributed by atoms with E-state index in [0.717, 1.165) is 11.9 Å². The molecular weight excluding hydrogens is 198 g/mol. The quantitative estimate of drug-likeness (QED) is 0.794. The van der Waals surface area contributed by atoms with Gasteiger partial charge in [0.15, 0.2) is 0 Å². The van der Waals surface area contributed by atoms with Gasteiger partial charge in [-0.25, -0.2) is 0 Å². The zero-order valence-corrected chi connectivity index (χ0v) is 9.75. The van der Waals surface area contributed by atoms with E-state index in [2.05, 4.69) is 43.1 Å². The maximum absolute atomic E-state index is 9.66. The molecule has 2 heteroatoms. The summed E-state index contributed by atoms with van der Waals surface area (Å²) in [5.74, 6) is 0. The van der Waals surface area contributed by atoms with E-state index in [9.17, 15) is 5.11 Å². The molecule has 0 radical (unpaired) electrons. The third kappa shape index (κ3) is 1.11. The normalized spacial score (nSPS) is 27.2. The molecule has 16 heavy (non-hydrogen) atoms. The second-order valence-electron chi connectivity index (χ2n) is 5.58. The fourth-order valence-electron chi connectivity index (χ4n) is 2.91. The van der Waals surface area contributed by atoms with Gasteiger partial charge in [-0.1, -0.05) is 26.0 Å². The van der Waals surface area contributed by atoms with Crippen molar-refractivity contribution in [3.63, 3.8) is 0 Å². The van der Waals surface area contributed by atoms with Crippen LogP contribution < -0.4 is 0 Å². The van der Waals surface area contributed by atoms with Crippen LogP contribution in [0.25, 0.3) is 10.9 Å². The van der Waals surface area contributed by atoms with Crippen LogP contribution in [0, 0.1) is 5.41 Å². The summed E-state index contributed by atoms with van der Waals surface area (Å²) in [6, 6.07) is 8.54. The highest BCUT2D eigenvalue weighted by Gasteiger charge is 2.61. The van der Waals surface area contributed by atoms with Crippen LogP contribution >= 0.6 is 0 Å². The number of aliphatic hydroxyl groups is 1. The molecule has 3 rings (SSSR count). The molecule has 1 atom stereocenters. The summed E-state index contributed by atoms with van der Waals surface area (Å²) >= 11 is 0. The van der Waals surface area contributed by atoms with Crippen molar-refractivity contribution < 1.29 is 5.11 Å². The molecule has 1 saturated carbocycles. The van der Waals surface area contributed by atoms with E-state index in [1.54, 1.807) is 0 Å². The predicted molar refractivity (Wildman–Crippen MR) is 65.5 cm³/mol. The van der Waals surface area contributed by atoms with Crippen molar-refractivity contribution in [3.05, 3.63) is 36.0 Å². The van der Waals surface area contributed by atoms with Crippen molar-refractivity contribution in [3.8, 4) is 0 Å². The van der Waals surface area contributed by atoms with Gasteiger partial charge in [0, 0.05) is 17.1 Å². The van der Waals surface area contributed by atoms with Gasteiger partial charge in [0.25, 0.3) is 0 Å². The smallest absolute Gasteiger partial charge is 0.0533 e. The van der Waals surface area contributed by atoms with Crippen LogP contribution in [0.5, 0.6) is 0 Å². The molecule has 1 aromatic heterocycles. The zero-order valence-electron chi connectivity index (χ0n) is 9.75. The first-order valence-corrected chi connectivity index (χ1v) is 5.78. The second-order valence-corrected chi connectivity index (χ2v) is 5.58. The second kappa shape index (κ2) is 2.89. The molecule has 0 bridgehead atoms. The number of benzene rings is 1. The molecule has 2 nitrogen and oxygen atoms in total. The number of nitrogens with one attached hydrogen (secondary N) is 1. The zero-order chi connectivity index (χ0) is 11.4. The van der Waals surface area contributed by atoms with E-state index in [0.29, 0.717) is 0 Å². The molecule has 1 unspecified atom stereocenters. The Hall–Kier alpha value is -1.28. The van der Waals surface area contributed by atoms with E-state index in [4.69, 9.17) is 0 Å².